The van der Waals surface area contributed by atoms with Gasteiger partial charge in [0, 0.05) is 43.7 Å². The van der Waals surface area contributed by atoms with Gasteiger partial charge in [-0.1, -0.05) is 19.3 Å². The number of hydrogen-bond acceptors (Lipinski definition) is 5. The third-order valence-corrected chi connectivity index (χ3v) is 6.86. The third kappa shape index (κ3) is 5.93. The van der Waals surface area contributed by atoms with Gasteiger partial charge in [-0.2, -0.15) is 5.10 Å². The molecule has 1 fully saturated rings. The smallest absolute Gasteiger partial charge is 0.305 e. The number of carboxylic acid groups (broad SMARTS) is 1. The van der Waals surface area contributed by atoms with Gasteiger partial charge in [0.1, 0.15) is 11.5 Å². The summed E-state index contributed by atoms with van der Waals surface area (Å²) in [6.07, 6.45) is 9.75. The molecule has 0 spiro atoms. The number of furan rings is 1. The maximum absolute atomic E-state index is 12.6. The van der Waals surface area contributed by atoms with E-state index in [0.717, 1.165) is 41.2 Å². The Balaban J connectivity index is 1.54. The molecule has 1 atom stereocenters. The van der Waals surface area contributed by atoms with Gasteiger partial charge in [-0.05, 0) is 56.0 Å². The van der Waals surface area contributed by atoms with Crippen LogP contribution in [0.1, 0.15) is 66.2 Å². The number of aromatic nitrogens is 2. The van der Waals surface area contributed by atoms with Crippen LogP contribution in [-0.2, 0) is 11.8 Å². The quantitative estimate of drug-likeness (QED) is 0.435. The number of carbonyl (C=O) groups excluding carboxylic acids is 1. The van der Waals surface area contributed by atoms with Crippen LogP contribution in [0.2, 0.25) is 0 Å². The Hall–Kier alpha value is -3.55. The molecule has 2 heterocycles. The van der Waals surface area contributed by atoms with Gasteiger partial charge in [0.25, 0.3) is 5.91 Å². The third-order valence-electron chi connectivity index (χ3n) is 6.86. The largest absolute Gasteiger partial charge is 0.481 e. The molecule has 2 N–H and O–H groups in total. The topological polar surface area (TPSA) is 101 Å². The molecule has 1 aliphatic carbocycles. The monoisotopic (exact) mass is 478 g/mol. The summed E-state index contributed by atoms with van der Waals surface area (Å²) in [6, 6.07) is 9.67. The first-order chi connectivity index (χ1) is 16.8. The van der Waals surface area contributed by atoms with Gasteiger partial charge in [0.2, 0.25) is 0 Å². The minimum atomic E-state index is -0.917. The average Bonchev–Trinajstić information content (AvgIpc) is 3.46. The molecular weight excluding hydrogens is 444 g/mol. The van der Waals surface area contributed by atoms with Crippen molar-refractivity contribution >= 4 is 17.6 Å². The Labute approximate surface area is 205 Å². The van der Waals surface area contributed by atoms with Gasteiger partial charge in [-0.15, -0.1) is 0 Å². The molecule has 1 aromatic carbocycles. The fourth-order valence-electron chi connectivity index (χ4n) is 4.89. The van der Waals surface area contributed by atoms with E-state index in [1.165, 1.54) is 24.2 Å². The summed E-state index contributed by atoms with van der Waals surface area (Å²) in [7, 11) is 3.52. The number of nitrogens with one attached hydrogen (secondary N) is 1. The molecular formula is C27H34N4O4. The van der Waals surface area contributed by atoms with E-state index < -0.39 is 5.97 Å². The summed E-state index contributed by atoms with van der Waals surface area (Å²) >= 11 is 0. The molecule has 2 aromatic heterocycles. The molecule has 35 heavy (non-hydrogen) atoms. The zero-order valence-corrected chi connectivity index (χ0v) is 20.7. The van der Waals surface area contributed by atoms with Crippen LogP contribution in [0.4, 0.5) is 5.69 Å². The molecule has 4 rings (SSSR count). The van der Waals surface area contributed by atoms with Crippen LogP contribution in [0.5, 0.6) is 0 Å². The highest BCUT2D eigenvalue weighted by atomic mass is 16.4. The van der Waals surface area contributed by atoms with E-state index in [0.29, 0.717) is 11.5 Å². The molecule has 0 saturated heterocycles. The van der Waals surface area contributed by atoms with Crippen LogP contribution in [0, 0.1) is 12.8 Å². The second-order valence-corrected chi connectivity index (χ2v) is 9.49. The number of nitrogens with zero attached hydrogens (tertiary/aromatic N) is 3. The first-order valence-electron chi connectivity index (χ1n) is 12.2. The number of amides is 1. The highest BCUT2D eigenvalue weighted by molar-refractivity contribution is 5.94. The second-order valence-electron chi connectivity index (χ2n) is 9.49. The van der Waals surface area contributed by atoms with Crippen molar-refractivity contribution in [2.75, 3.05) is 18.9 Å². The predicted octanol–water partition coefficient (Wildman–Crippen LogP) is 5.27. The van der Waals surface area contributed by atoms with Gasteiger partial charge in [0.05, 0.1) is 24.2 Å². The Morgan fingerprint density at radius 1 is 1.23 bits per heavy atom. The molecule has 1 saturated carbocycles. The van der Waals surface area contributed by atoms with Crippen LogP contribution in [-0.4, -0.2) is 45.3 Å². The number of hydrogen-bond donors (Lipinski definition) is 2. The molecule has 1 unspecified atom stereocenters. The van der Waals surface area contributed by atoms with Gasteiger partial charge in [-0.3, -0.25) is 14.3 Å². The summed E-state index contributed by atoms with van der Waals surface area (Å²) in [5.74, 6) is 1.11. The van der Waals surface area contributed by atoms with Crippen molar-refractivity contribution in [1.29, 1.82) is 0 Å². The summed E-state index contributed by atoms with van der Waals surface area (Å²) in [6.45, 7) is 2.19. The van der Waals surface area contributed by atoms with E-state index >= 15 is 0 Å². The predicted molar refractivity (Wildman–Crippen MR) is 134 cm³/mol. The van der Waals surface area contributed by atoms with Crippen molar-refractivity contribution in [3.63, 3.8) is 0 Å². The Morgan fingerprint density at radius 2 is 1.94 bits per heavy atom. The molecule has 1 aliphatic rings. The Morgan fingerprint density at radius 3 is 2.57 bits per heavy atom. The van der Waals surface area contributed by atoms with E-state index in [9.17, 15) is 9.59 Å². The lowest BCUT2D eigenvalue weighted by atomic mass is 9.81. The normalized spacial score (nSPS) is 15.1. The maximum Gasteiger partial charge on any atom is 0.305 e. The van der Waals surface area contributed by atoms with Gasteiger partial charge >= 0.3 is 5.97 Å². The van der Waals surface area contributed by atoms with Crippen molar-refractivity contribution in [3.05, 3.63) is 59.6 Å². The summed E-state index contributed by atoms with van der Waals surface area (Å²) < 4.78 is 7.92. The van der Waals surface area contributed by atoms with Crippen LogP contribution >= 0.6 is 0 Å². The standard InChI is InChI=1S/C27H34N4O4/c1-18-23(15-24(35-18)21-16-28-31(3)17-21)26(19-7-5-4-6-8-19)29-22-11-9-20(10-12-22)27(34)30(2)14-13-25(32)33/h9-12,15-17,19,26,29H,4-8,13-14H2,1-3H3,(H,32,33). The molecule has 3 aromatic rings. The lowest BCUT2D eigenvalue weighted by Gasteiger charge is -2.31. The molecule has 8 nitrogen and oxygen atoms in total. The number of carboxylic acids is 1. The fraction of sp³-hybridized carbons (Fsp3) is 0.444. The van der Waals surface area contributed by atoms with Crippen molar-refractivity contribution in [3.8, 4) is 11.3 Å². The van der Waals surface area contributed by atoms with Crippen LogP contribution in [0.3, 0.4) is 0 Å². The number of carbonyl (C=O) groups is 2. The zero-order chi connectivity index (χ0) is 24.9. The molecule has 8 heteroatoms. The van der Waals surface area contributed by atoms with E-state index in [1.54, 1.807) is 23.9 Å². The number of rotatable bonds is 9. The van der Waals surface area contributed by atoms with Crippen LogP contribution in [0.15, 0.2) is 47.1 Å². The highest BCUT2D eigenvalue weighted by Crippen LogP contribution is 2.40. The molecule has 0 radical (unpaired) electrons. The minimum Gasteiger partial charge on any atom is -0.481 e. The fourth-order valence-corrected chi connectivity index (χ4v) is 4.89. The Kier molecular flexibility index (Phi) is 7.58. The SMILES string of the molecule is Cc1oc(-c2cnn(C)c2)cc1C(Nc1ccc(C(=O)N(C)CCC(=O)O)cc1)C1CCCCC1. The summed E-state index contributed by atoms with van der Waals surface area (Å²) in [5, 5.41) is 16.9. The van der Waals surface area contributed by atoms with E-state index in [4.69, 9.17) is 9.52 Å². The number of aliphatic carboxylic acids is 1. The highest BCUT2D eigenvalue weighted by Gasteiger charge is 2.29. The average molecular weight is 479 g/mol. The maximum atomic E-state index is 12.6. The van der Waals surface area contributed by atoms with Crippen molar-refractivity contribution in [2.24, 2.45) is 13.0 Å². The van der Waals surface area contributed by atoms with E-state index in [1.807, 2.05) is 38.5 Å². The first-order valence-corrected chi connectivity index (χ1v) is 12.2. The number of aryl methyl sites for hydroxylation is 2. The van der Waals surface area contributed by atoms with Crippen molar-refractivity contribution in [1.82, 2.24) is 14.7 Å². The van der Waals surface area contributed by atoms with Crippen molar-refractivity contribution < 1.29 is 19.1 Å². The number of benzene rings is 1. The lowest BCUT2D eigenvalue weighted by Crippen LogP contribution is -2.29. The summed E-state index contributed by atoms with van der Waals surface area (Å²) in [5.41, 5.74) is 3.59. The zero-order valence-electron chi connectivity index (χ0n) is 20.7. The lowest BCUT2D eigenvalue weighted by molar-refractivity contribution is -0.137. The van der Waals surface area contributed by atoms with Crippen molar-refractivity contribution in [2.45, 2.75) is 51.5 Å². The van der Waals surface area contributed by atoms with Crippen LogP contribution in [0.25, 0.3) is 11.3 Å². The van der Waals surface area contributed by atoms with E-state index in [-0.39, 0.29) is 24.9 Å². The number of anilines is 1. The summed E-state index contributed by atoms with van der Waals surface area (Å²) in [4.78, 5) is 24.9. The van der Waals surface area contributed by atoms with Crippen LogP contribution < -0.4 is 5.32 Å². The Bertz CT molecular complexity index is 1160. The first kappa shape index (κ1) is 24.6. The van der Waals surface area contributed by atoms with E-state index in [2.05, 4.69) is 16.5 Å². The van der Waals surface area contributed by atoms with Gasteiger partial charge in [-0.25, -0.2) is 0 Å². The molecule has 1 amide bonds. The molecule has 0 aliphatic heterocycles. The molecule has 0 bridgehead atoms. The minimum absolute atomic E-state index is 0.0734. The van der Waals surface area contributed by atoms with Gasteiger partial charge in [0.15, 0.2) is 0 Å². The second kappa shape index (κ2) is 10.8. The molecule has 186 valence electrons. The van der Waals surface area contributed by atoms with Gasteiger partial charge < -0.3 is 19.7 Å².